The van der Waals surface area contributed by atoms with Crippen molar-refractivity contribution in [1.29, 1.82) is 0 Å². The number of benzene rings is 1. The topological polar surface area (TPSA) is 60.7 Å². The lowest BCUT2D eigenvalue weighted by Gasteiger charge is -2.08. The number of pyridine rings is 1. The van der Waals surface area contributed by atoms with E-state index in [1.165, 1.54) is 13.0 Å². The van der Waals surface area contributed by atoms with Gasteiger partial charge in [0, 0.05) is 17.3 Å². The Morgan fingerprint density at radius 1 is 1.17 bits per heavy atom. The fourth-order valence-corrected chi connectivity index (χ4v) is 2.38. The molecule has 0 radical (unpaired) electrons. The van der Waals surface area contributed by atoms with Crippen molar-refractivity contribution in [3.8, 4) is 5.75 Å². The summed E-state index contributed by atoms with van der Waals surface area (Å²) in [5, 5.41) is 0. The lowest BCUT2D eigenvalue weighted by atomic mass is 10.1. The van der Waals surface area contributed by atoms with Crippen LogP contribution in [0.5, 0.6) is 5.75 Å². The number of nitrogens with zero attached hydrogens (tertiary/aromatic N) is 2. The molecule has 0 aliphatic rings. The predicted molar refractivity (Wildman–Crippen MR) is 87.0 cm³/mol. The largest absolute Gasteiger partial charge is 0.487 e. The van der Waals surface area contributed by atoms with E-state index in [2.05, 4.69) is 4.98 Å². The molecule has 0 aliphatic carbocycles. The summed E-state index contributed by atoms with van der Waals surface area (Å²) in [7, 11) is 0. The summed E-state index contributed by atoms with van der Waals surface area (Å²) in [6.45, 7) is 3.58. The Kier molecular flexibility index (Phi) is 3.93. The van der Waals surface area contributed by atoms with Gasteiger partial charge in [-0.25, -0.2) is 4.98 Å². The van der Waals surface area contributed by atoms with E-state index >= 15 is 0 Å². The summed E-state index contributed by atoms with van der Waals surface area (Å²) in [5.74, 6) is 0.636. The minimum Gasteiger partial charge on any atom is -0.487 e. The third-order valence-corrected chi connectivity index (χ3v) is 3.58. The summed E-state index contributed by atoms with van der Waals surface area (Å²) in [6.07, 6.45) is 0. The lowest BCUT2D eigenvalue weighted by molar-refractivity contribution is 0.101. The zero-order valence-corrected chi connectivity index (χ0v) is 12.9. The molecule has 3 rings (SSSR count). The van der Waals surface area contributed by atoms with Gasteiger partial charge in [0.25, 0.3) is 5.56 Å². The Morgan fingerprint density at radius 3 is 2.61 bits per heavy atom. The van der Waals surface area contributed by atoms with Gasteiger partial charge in [0.05, 0.1) is 5.69 Å². The van der Waals surface area contributed by atoms with Gasteiger partial charge in [-0.15, -0.1) is 0 Å². The van der Waals surface area contributed by atoms with E-state index in [0.717, 1.165) is 5.69 Å². The number of aryl methyl sites for hydroxylation is 1. The maximum Gasteiger partial charge on any atom is 0.258 e. The number of aromatic nitrogens is 2. The van der Waals surface area contributed by atoms with Crippen LogP contribution in [0.25, 0.3) is 5.65 Å². The molecule has 0 spiro atoms. The van der Waals surface area contributed by atoms with E-state index in [1.807, 2.05) is 19.1 Å². The van der Waals surface area contributed by atoms with Gasteiger partial charge in [-0.2, -0.15) is 0 Å². The van der Waals surface area contributed by atoms with Crippen molar-refractivity contribution < 1.29 is 9.53 Å². The van der Waals surface area contributed by atoms with E-state index in [9.17, 15) is 9.59 Å². The average molecular weight is 308 g/mol. The third kappa shape index (κ3) is 3.13. The standard InChI is InChI=1S/C18H16N2O3/c1-12-4-3-5-17-19-15(10-18(22)20(12)17)11-23-16-8-6-14(7-9-16)13(2)21/h3-10H,11H2,1-2H3. The van der Waals surface area contributed by atoms with Crippen LogP contribution in [-0.4, -0.2) is 15.2 Å². The van der Waals surface area contributed by atoms with Crippen molar-refractivity contribution in [2.24, 2.45) is 0 Å². The maximum atomic E-state index is 12.2. The molecule has 0 fully saturated rings. The third-order valence-electron chi connectivity index (χ3n) is 3.58. The molecule has 0 aliphatic heterocycles. The molecular weight excluding hydrogens is 292 g/mol. The Labute approximate surface area is 133 Å². The molecule has 2 heterocycles. The van der Waals surface area contributed by atoms with Gasteiger partial charge < -0.3 is 4.74 Å². The zero-order chi connectivity index (χ0) is 16.4. The number of fused-ring (bicyclic) bond motifs is 1. The molecule has 0 atom stereocenters. The molecule has 0 saturated heterocycles. The summed E-state index contributed by atoms with van der Waals surface area (Å²) in [6, 6.07) is 13.9. The molecule has 0 saturated carbocycles. The first-order chi connectivity index (χ1) is 11.0. The summed E-state index contributed by atoms with van der Waals surface area (Å²) in [4.78, 5) is 27.9. The maximum absolute atomic E-state index is 12.2. The van der Waals surface area contributed by atoms with Gasteiger partial charge >= 0.3 is 0 Å². The molecule has 5 heteroatoms. The van der Waals surface area contributed by atoms with E-state index in [4.69, 9.17) is 4.74 Å². The van der Waals surface area contributed by atoms with Crippen LogP contribution in [0.15, 0.2) is 53.3 Å². The van der Waals surface area contributed by atoms with Crippen LogP contribution >= 0.6 is 0 Å². The molecule has 2 aromatic heterocycles. The average Bonchev–Trinajstić information content (AvgIpc) is 2.53. The number of Topliss-reactive ketones (excluding diaryl/α,β-unsaturated/α-hetero) is 1. The van der Waals surface area contributed by atoms with Gasteiger partial charge in [0.2, 0.25) is 0 Å². The van der Waals surface area contributed by atoms with Crippen LogP contribution in [-0.2, 0) is 6.61 Å². The minimum atomic E-state index is -0.126. The van der Waals surface area contributed by atoms with Gasteiger partial charge in [-0.1, -0.05) is 6.07 Å². The molecule has 0 N–H and O–H groups in total. The first-order valence-corrected chi connectivity index (χ1v) is 7.27. The number of rotatable bonds is 4. The number of ketones is 1. The minimum absolute atomic E-state index is 0.0103. The summed E-state index contributed by atoms with van der Waals surface area (Å²) in [5.41, 5.74) is 2.51. The van der Waals surface area contributed by atoms with E-state index < -0.39 is 0 Å². The highest BCUT2D eigenvalue weighted by Gasteiger charge is 2.05. The van der Waals surface area contributed by atoms with Crippen molar-refractivity contribution in [3.63, 3.8) is 0 Å². The Bertz CT molecular complexity index is 927. The molecule has 1 aromatic carbocycles. The smallest absolute Gasteiger partial charge is 0.258 e. The molecule has 5 nitrogen and oxygen atoms in total. The Hall–Kier alpha value is -2.95. The normalized spacial score (nSPS) is 10.7. The Balaban J connectivity index is 1.82. The van der Waals surface area contributed by atoms with Gasteiger partial charge in [-0.3, -0.25) is 14.0 Å². The van der Waals surface area contributed by atoms with Crippen LogP contribution in [0, 0.1) is 6.92 Å². The molecule has 0 amide bonds. The summed E-state index contributed by atoms with van der Waals surface area (Å²) < 4.78 is 7.20. The van der Waals surface area contributed by atoms with Crippen molar-refractivity contribution >= 4 is 11.4 Å². The highest BCUT2D eigenvalue weighted by Crippen LogP contribution is 2.14. The Morgan fingerprint density at radius 2 is 1.91 bits per heavy atom. The number of ether oxygens (including phenoxy) is 1. The molecule has 0 bridgehead atoms. The quantitative estimate of drug-likeness (QED) is 0.695. The summed E-state index contributed by atoms with van der Waals surface area (Å²) >= 11 is 0. The first kappa shape index (κ1) is 15.0. The van der Waals surface area contributed by atoms with Crippen LogP contribution < -0.4 is 10.3 Å². The highest BCUT2D eigenvalue weighted by molar-refractivity contribution is 5.94. The van der Waals surface area contributed by atoms with E-state index in [0.29, 0.717) is 22.7 Å². The van der Waals surface area contributed by atoms with Crippen molar-refractivity contribution in [2.75, 3.05) is 0 Å². The second kappa shape index (κ2) is 6.04. The van der Waals surface area contributed by atoms with Crippen molar-refractivity contribution in [1.82, 2.24) is 9.38 Å². The molecule has 23 heavy (non-hydrogen) atoms. The van der Waals surface area contributed by atoms with Crippen LogP contribution in [0.3, 0.4) is 0 Å². The zero-order valence-electron chi connectivity index (χ0n) is 12.9. The van der Waals surface area contributed by atoms with Crippen LogP contribution in [0.1, 0.15) is 28.7 Å². The second-order valence-electron chi connectivity index (χ2n) is 5.32. The SMILES string of the molecule is CC(=O)c1ccc(OCc2cc(=O)n3c(C)cccc3n2)cc1. The van der Waals surface area contributed by atoms with E-state index in [-0.39, 0.29) is 17.9 Å². The second-order valence-corrected chi connectivity index (χ2v) is 5.32. The number of carbonyl (C=O) groups is 1. The lowest BCUT2D eigenvalue weighted by Crippen LogP contribution is -2.18. The molecule has 3 aromatic rings. The van der Waals surface area contributed by atoms with Crippen LogP contribution in [0.4, 0.5) is 0 Å². The van der Waals surface area contributed by atoms with Gasteiger partial charge in [-0.05, 0) is 50.2 Å². The fraction of sp³-hybridized carbons (Fsp3) is 0.167. The number of hydrogen-bond acceptors (Lipinski definition) is 4. The number of hydrogen-bond donors (Lipinski definition) is 0. The van der Waals surface area contributed by atoms with Gasteiger partial charge in [0.15, 0.2) is 5.78 Å². The van der Waals surface area contributed by atoms with Crippen molar-refractivity contribution in [3.05, 3.63) is 75.8 Å². The first-order valence-electron chi connectivity index (χ1n) is 7.27. The van der Waals surface area contributed by atoms with Crippen LogP contribution in [0.2, 0.25) is 0 Å². The van der Waals surface area contributed by atoms with Crippen molar-refractivity contribution in [2.45, 2.75) is 20.5 Å². The molecule has 0 unspecified atom stereocenters. The highest BCUT2D eigenvalue weighted by atomic mass is 16.5. The monoisotopic (exact) mass is 308 g/mol. The molecule has 116 valence electrons. The number of carbonyl (C=O) groups excluding carboxylic acids is 1. The fourth-order valence-electron chi connectivity index (χ4n) is 2.38. The van der Waals surface area contributed by atoms with Gasteiger partial charge in [0.1, 0.15) is 18.0 Å². The molecular formula is C18H16N2O3. The van der Waals surface area contributed by atoms with E-state index in [1.54, 1.807) is 34.7 Å². The predicted octanol–water partition coefficient (Wildman–Crippen LogP) is 2.78.